The summed E-state index contributed by atoms with van der Waals surface area (Å²) in [5, 5.41) is 2.95. The molecule has 7 nitrogen and oxygen atoms in total. The first kappa shape index (κ1) is 21.9. The van der Waals surface area contributed by atoms with Gasteiger partial charge in [0, 0.05) is 30.3 Å². The number of aromatic nitrogens is 1. The van der Waals surface area contributed by atoms with E-state index in [1.807, 2.05) is 36.4 Å². The molecule has 1 heterocycles. The number of hydrogen-bond donors (Lipinski definition) is 1. The van der Waals surface area contributed by atoms with E-state index < -0.39 is 0 Å². The van der Waals surface area contributed by atoms with Gasteiger partial charge in [-0.15, -0.1) is 0 Å². The van der Waals surface area contributed by atoms with Crippen molar-refractivity contribution in [1.82, 2.24) is 15.2 Å². The average Bonchev–Trinajstić information content (AvgIpc) is 3.52. The van der Waals surface area contributed by atoms with Crippen molar-refractivity contribution in [2.45, 2.75) is 44.9 Å². The quantitative estimate of drug-likeness (QED) is 0.510. The van der Waals surface area contributed by atoms with Crippen molar-refractivity contribution in [3.63, 3.8) is 0 Å². The number of hydrogen-bond acceptors (Lipinski definition) is 6. The molecule has 1 N–H and O–H groups in total. The van der Waals surface area contributed by atoms with Gasteiger partial charge in [-0.1, -0.05) is 36.4 Å². The second kappa shape index (κ2) is 9.87. The summed E-state index contributed by atoms with van der Waals surface area (Å²) in [6.45, 7) is 3.20. The normalized spacial score (nSPS) is 14.2. The van der Waals surface area contributed by atoms with Crippen molar-refractivity contribution >= 4 is 5.91 Å². The number of nitrogens with one attached hydrogen (secondary N) is 1. The van der Waals surface area contributed by atoms with Gasteiger partial charge in [-0.25, -0.2) is 4.98 Å². The van der Waals surface area contributed by atoms with Gasteiger partial charge in [-0.2, -0.15) is 0 Å². The molecule has 1 atom stereocenters. The third kappa shape index (κ3) is 5.29. The van der Waals surface area contributed by atoms with Crippen LogP contribution in [0.5, 0.6) is 11.5 Å². The second-order valence-electron chi connectivity index (χ2n) is 8.04. The molecule has 0 radical (unpaired) electrons. The molecule has 0 saturated heterocycles. The lowest BCUT2D eigenvalue weighted by Gasteiger charge is -2.29. The lowest BCUT2D eigenvalue weighted by Crippen LogP contribution is -2.27. The zero-order chi connectivity index (χ0) is 22.5. The van der Waals surface area contributed by atoms with Crippen molar-refractivity contribution in [3.05, 3.63) is 77.5 Å². The van der Waals surface area contributed by atoms with Crippen LogP contribution in [0.2, 0.25) is 0 Å². The Hall–Kier alpha value is -3.32. The summed E-state index contributed by atoms with van der Waals surface area (Å²) >= 11 is 0. The third-order valence-electron chi connectivity index (χ3n) is 5.73. The Morgan fingerprint density at radius 2 is 1.94 bits per heavy atom. The van der Waals surface area contributed by atoms with Gasteiger partial charge in [0.25, 0.3) is 5.91 Å². The van der Waals surface area contributed by atoms with E-state index in [9.17, 15) is 4.79 Å². The Balaban J connectivity index is 1.57. The highest BCUT2D eigenvalue weighted by Gasteiger charge is 2.26. The van der Waals surface area contributed by atoms with E-state index >= 15 is 0 Å². The fourth-order valence-corrected chi connectivity index (χ4v) is 3.62. The lowest BCUT2D eigenvalue weighted by atomic mass is 10.1. The summed E-state index contributed by atoms with van der Waals surface area (Å²) in [5.74, 6) is 1.82. The fourth-order valence-electron chi connectivity index (χ4n) is 3.62. The molecular formula is C25H29N3O4. The lowest BCUT2D eigenvalue weighted by molar-refractivity contribution is 0.0946. The maximum atomic E-state index is 12.3. The SMILES string of the molecule is COc1ccc(CN(Cc2nc(C(=O)NC3CC3)co2)C(C)c2ccccc2)c(OC)c1. The summed E-state index contributed by atoms with van der Waals surface area (Å²) in [5.41, 5.74) is 2.52. The third-order valence-corrected chi connectivity index (χ3v) is 5.73. The van der Waals surface area contributed by atoms with Crippen LogP contribution in [0.15, 0.2) is 59.2 Å². The molecule has 1 unspecified atom stereocenters. The number of carbonyl (C=O) groups is 1. The van der Waals surface area contributed by atoms with Gasteiger partial charge >= 0.3 is 0 Å². The van der Waals surface area contributed by atoms with E-state index in [-0.39, 0.29) is 18.0 Å². The van der Waals surface area contributed by atoms with E-state index in [0.717, 1.165) is 29.9 Å². The molecule has 32 heavy (non-hydrogen) atoms. The molecule has 1 aliphatic rings. The van der Waals surface area contributed by atoms with E-state index in [1.54, 1.807) is 14.2 Å². The van der Waals surface area contributed by atoms with Crippen molar-refractivity contribution in [2.24, 2.45) is 0 Å². The van der Waals surface area contributed by atoms with Gasteiger partial charge < -0.3 is 19.2 Å². The van der Waals surface area contributed by atoms with Crippen LogP contribution in [-0.2, 0) is 13.1 Å². The van der Waals surface area contributed by atoms with Crippen molar-refractivity contribution in [1.29, 1.82) is 0 Å². The minimum atomic E-state index is -0.179. The first-order chi connectivity index (χ1) is 15.6. The first-order valence-corrected chi connectivity index (χ1v) is 10.8. The van der Waals surface area contributed by atoms with E-state index in [1.165, 1.54) is 11.8 Å². The van der Waals surface area contributed by atoms with Crippen LogP contribution in [0.4, 0.5) is 0 Å². The monoisotopic (exact) mass is 435 g/mol. The Labute approximate surface area is 188 Å². The predicted molar refractivity (Wildman–Crippen MR) is 121 cm³/mol. The zero-order valence-electron chi connectivity index (χ0n) is 18.7. The fraction of sp³-hybridized carbons (Fsp3) is 0.360. The molecule has 1 saturated carbocycles. The molecule has 1 fully saturated rings. The van der Waals surface area contributed by atoms with Crippen LogP contribution in [0.3, 0.4) is 0 Å². The van der Waals surface area contributed by atoms with Crippen LogP contribution < -0.4 is 14.8 Å². The molecule has 1 aliphatic carbocycles. The minimum absolute atomic E-state index is 0.0821. The first-order valence-electron chi connectivity index (χ1n) is 10.8. The van der Waals surface area contributed by atoms with Gasteiger partial charge in [-0.3, -0.25) is 9.69 Å². The van der Waals surface area contributed by atoms with E-state index in [0.29, 0.717) is 24.7 Å². The number of rotatable bonds is 10. The summed E-state index contributed by atoms with van der Waals surface area (Å²) in [6, 6.07) is 16.4. The van der Waals surface area contributed by atoms with Gasteiger partial charge in [-0.05, 0) is 31.4 Å². The predicted octanol–water partition coefficient (Wildman–Crippen LogP) is 4.35. The van der Waals surface area contributed by atoms with Crippen molar-refractivity contribution in [3.8, 4) is 11.5 Å². The van der Waals surface area contributed by atoms with E-state index in [4.69, 9.17) is 13.9 Å². The topological polar surface area (TPSA) is 76.8 Å². The number of methoxy groups -OCH3 is 2. The van der Waals surface area contributed by atoms with Gasteiger partial charge in [0.2, 0.25) is 5.89 Å². The van der Waals surface area contributed by atoms with Crippen LogP contribution in [0.25, 0.3) is 0 Å². The molecule has 168 valence electrons. The summed E-state index contributed by atoms with van der Waals surface area (Å²) in [6.07, 6.45) is 3.50. The maximum absolute atomic E-state index is 12.3. The molecule has 0 bridgehead atoms. The molecule has 0 aliphatic heterocycles. The molecule has 1 amide bonds. The van der Waals surface area contributed by atoms with Gasteiger partial charge in [0.05, 0.1) is 20.8 Å². The molecular weight excluding hydrogens is 406 g/mol. The Morgan fingerprint density at radius 3 is 2.62 bits per heavy atom. The maximum Gasteiger partial charge on any atom is 0.273 e. The average molecular weight is 436 g/mol. The van der Waals surface area contributed by atoms with Gasteiger partial charge in [0.15, 0.2) is 5.69 Å². The number of ether oxygens (including phenoxy) is 2. The van der Waals surface area contributed by atoms with Crippen LogP contribution in [0, 0.1) is 0 Å². The number of carbonyl (C=O) groups excluding carboxylic acids is 1. The highest BCUT2D eigenvalue weighted by atomic mass is 16.5. The minimum Gasteiger partial charge on any atom is -0.497 e. The Kier molecular flexibility index (Phi) is 6.75. The Morgan fingerprint density at radius 1 is 1.16 bits per heavy atom. The van der Waals surface area contributed by atoms with Crippen LogP contribution >= 0.6 is 0 Å². The smallest absolute Gasteiger partial charge is 0.273 e. The van der Waals surface area contributed by atoms with E-state index in [2.05, 4.69) is 34.3 Å². The number of nitrogens with zero attached hydrogens (tertiary/aromatic N) is 2. The van der Waals surface area contributed by atoms with Gasteiger partial charge in [0.1, 0.15) is 17.8 Å². The molecule has 2 aromatic carbocycles. The molecule has 1 aromatic heterocycles. The molecule has 3 aromatic rings. The molecule has 7 heteroatoms. The largest absolute Gasteiger partial charge is 0.497 e. The number of amides is 1. The second-order valence-corrected chi connectivity index (χ2v) is 8.04. The standard InChI is InChI=1S/C25H29N3O4/c1-17(18-7-5-4-6-8-18)28(14-19-9-12-21(30-2)13-23(19)31-3)15-24-27-22(16-32-24)25(29)26-20-10-11-20/h4-9,12-13,16-17,20H,10-11,14-15H2,1-3H3,(H,26,29). The summed E-state index contributed by atoms with van der Waals surface area (Å²) in [4.78, 5) is 19.0. The highest BCUT2D eigenvalue weighted by molar-refractivity contribution is 5.92. The van der Waals surface area contributed by atoms with Crippen LogP contribution in [-0.4, -0.2) is 36.1 Å². The number of benzene rings is 2. The molecule has 4 rings (SSSR count). The van der Waals surface area contributed by atoms with Crippen LogP contribution in [0.1, 0.15) is 53.3 Å². The van der Waals surface area contributed by atoms with Crippen molar-refractivity contribution < 1.29 is 18.7 Å². The molecule has 0 spiro atoms. The number of oxazole rings is 1. The summed E-state index contributed by atoms with van der Waals surface area (Å²) in [7, 11) is 3.29. The Bertz CT molecular complexity index is 1050. The van der Waals surface area contributed by atoms with Crippen molar-refractivity contribution in [2.75, 3.05) is 14.2 Å². The zero-order valence-corrected chi connectivity index (χ0v) is 18.7. The highest BCUT2D eigenvalue weighted by Crippen LogP contribution is 2.30. The summed E-state index contributed by atoms with van der Waals surface area (Å²) < 4.78 is 16.6.